The van der Waals surface area contributed by atoms with Crippen molar-refractivity contribution in [2.75, 3.05) is 23.9 Å². The predicted molar refractivity (Wildman–Crippen MR) is 77.6 cm³/mol. The van der Waals surface area contributed by atoms with E-state index < -0.39 is 4.92 Å². The summed E-state index contributed by atoms with van der Waals surface area (Å²) in [6, 6.07) is 4.94. The van der Waals surface area contributed by atoms with Crippen LogP contribution in [0.15, 0.2) is 18.2 Å². The third kappa shape index (κ3) is 3.58. The average molecular weight is 280 g/mol. The van der Waals surface area contributed by atoms with Crippen LogP contribution in [0.25, 0.3) is 0 Å². The van der Waals surface area contributed by atoms with E-state index >= 15 is 0 Å². The molecule has 0 atom stereocenters. The van der Waals surface area contributed by atoms with Crippen LogP contribution in [-0.4, -0.2) is 24.2 Å². The SMILES string of the molecule is NNc1cccc(NCCOC2CCCC2)c1[N+](=O)[O-]. The molecule has 1 aliphatic carbocycles. The molecule has 4 N–H and O–H groups in total. The fourth-order valence-electron chi connectivity index (χ4n) is 2.47. The lowest BCUT2D eigenvalue weighted by Gasteiger charge is -2.13. The Morgan fingerprint density at radius 2 is 2.05 bits per heavy atom. The summed E-state index contributed by atoms with van der Waals surface area (Å²) in [5.74, 6) is 5.29. The van der Waals surface area contributed by atoms with E-state index in [1.54, 1.807) is 18.2 Å². The van der Waals surface area contributed by atoms with Crippen molar-refractivity contribution in [1.82, 2.24) is 0 Å². The molecule has 0 aliphatic heterocycles. The zero-order valence-electron chi connectivity index (χ0n) is 11.3. The maximum atomic E-state index is 11.1. The molecule has 0 unspecified atom stereocenters. The van der Waals surface area contributed by atoms with Crippen molar-refractivity contribution in [1.29, 1.82) is 0 Å². The number of hydrogen-bond donors (Lipinski definition) is 3. The van der Waals surface area contributed by atoms with Gasteiger partial charge in [0.15, 0.2) is 0 Å². The molecule has 0 radical (unpaired) electrons. The average Bonchev–Trinajstić information content (AvgIpc) is 2.96. The van der Waals surface area contributed by atoms with Crippen LogP contribution in [0.5, 0.6) is 0 Å². The summed E-state index contributed by atoms with van der Waals surface area (Å²) >= 11 is 0. The first-order valence-corrected chi connectivity index (χ1v) is 6.82. The quantitative estimate of drug-likeness (QED) is 0.306. The number of hydrazine groups is 1. The van der Waals surface area contributed by atoms with Crippen molar-refractivity contribution in [2.24, 2.45) is 5.84 Å². The first-order chi connectivity index (χ1) is 9.72. The summed E-state index contributed by atoms with van der Waals surface area (Å²) in [6.45, 7) is 1.08. The van der Waals surface area contributed by atoms with Crippen LogP contribution in [0.2, 0.25) is 0 Å². The van der Waals surface area contributed by atoms with Crippen LogP contribution >= 0.6 is 0 Å². The Hall–Kier alpha value is -1.86. The topological polar surface area (TPSA) is 102 Å². The van der Waals surface area contributed by atoms with Gasteiger partial charge in [0.1, 0.15) is 11.4 Å². The minimum atomic E-state index is -0.449. The van der Waals surface area contributed by atoms with Crippen LogP contribution in [0.3, 0.4) is 0 Å². The molecule has 0 spiro atoms. The second kappa shape index (κ2) is 7.06. The Bertz CT molecular complexity index is 461. The van der Waals surface area contributed by atoms with Gasteiger partial charge in [-0.1, -0.05) is 18.9 Å². The molecule has 1 saturated carbocycles. The van der Waals surface area contributed by atoms with E-state index in [4.69, 9.17) is 10.6 Å². The molecule has 110 valence electrons. The summed E-state index contributed by atoms with van der Waals surface area (Å²) in [6.07, 6.45) is 5.05. The third-order valence-corrected chi connectivity index (χ3v) is 3.45. The van der Waals surface area contributed by atoms with E-state index in [0.29, 0.717) is 24.9 Å². The summed E-state index contributed by atoms with van der Waals surface area (Å²) in [5, 5.41) is 14.1. The fraction of sp³-hybridized carbons (Fsp3) is 0.538. The van der Waals surface area contributed by atoms with E-state index in [9.17, 15) is 10.1 Å². The zero-order chi connectivity index (χ0) is 14.4. The number of nitrogens with two attached hydrogens (primary N) is 1. The van der Waals surface area contributed by atoms with E-state index in [0.717, 1.165) is 12.8 Å². The largest absolute Gasteiger partial charge is 0.377 e. The molecule has 1 aromatic carbocycles. The molecule has 0 heterocycles. The molecule has 1 aromatic rings. The van der Waals surface area contributed by atoms with Gasteiger partial charge < -0.3 is 15.5 Å². The van der Waals surface area contributed by atoms with E-state index in [1.807, 2.05) is 0 Å². The highest BCUT2D eigenvalue weighted by atomic mass is 16.6. The van der Waals surface area contributed by atoms with Gasteiger partial charge in [0.2, 0.25) is 0 Å². The predicted octanol–water partition coefficient (Wildman–Crippen LogP) is 2.25. The maximum absolute atomic E-state index is 11.1. The monoisotopic (exact) mass is 280 g/mol. The standard InChI is InChI=1S/C13H20N4O3/c14-16-12-7-3-6-11(13(12)17(18)19)15-8-9-20-10-4-1-2-5-10/h3,6-7,10,15-16H,1-2,4-5,8-9,14H2. The Morgan fingerprint density at radius 3 is 2.70 bits per heavy atom. The molecule has 0 amide bonds. The van der Waals surface area contributed by atoms with Gasteiger partial charge >= 0.3 is 5.69 Å². The lowest BCUT2D eigenvalue weighted by Crippen LogP contribution is -2.16. The van der Waals surface area contributed by atoms with Gasteiger partial charge in [-0.3, -0.25) is 16.0 Å². The van der Waals surface area contributed by atoms with Crippen molar-refractivity contribution >= 4 is 17.1 Å². The van der Waals surface area contributed by atoms with Gasteiger partial charge in [0.05, 0.1) is 17.6 Å². The number of nitro groups is 1. The number of rotatable bonds is 7. The number of nitrogen functional groups attached to an aromatic ring is 1. The third-order valence-electron chi connectivity index (χ3n) is 3.45. The number of hydrogen-bond acceptors (Lipinski definition) is 6. The van der Waals surface area contributed by atoms with E-state index in [-0.39, 0.29) is 11.4 Å². The Morgan fingerprint density at radius 1 is 1.35 bits per heavy atom. The van der Waals surface area contributed by atoms with Gasteiger partial charge in [0, 0.05) is 6.54 Å². The molecule has 0 aromatic heterocycles. The first-order valence-electron chi connectivity index (χ1n) is 6.82. The molecular formula is C13H20N4O3. The number of benzene rings is 1. The maximum Gasteiger partial charge on any atom is 0.316 e. The number of ether oxygens (including phenoxy) is 1. The summed E-state index contributed by atoms with van der Waals surface area (Å²) in [5.41, 5.74) is 3.03. The van der Waals surface area contributed by atoms with Crippen LogP contribution in [0, 0.1) is 10.1 Å². The Balaban J connectivity index is 1.89. The molecule has 1 fully saturated rings. The van der Waals surface area contributed by atoms with Gasteiger partial charge in [-0.15, -0.1) is 0 Å². The van der Waals surface area contributed by atoms with Crippen LogP contribution in [-0.2, 0) is 4.74 Å². The van der Waals surface area contributed by atoms with Gasteiger partial charge in [-0.05, 0) is 25.0 Å². The van der Waals surface area contributed by atoms with Crippen LogP contribution in [0.4, 0.5) is 17.1 Å². The van der Waals surface area contributed by atoms with Crippen molar-refractivity contribution in [3.05, 3.63) is 28.3 Å². The molecule has 1 aliphatic rings. The van der Waals surface area contributed by atoms with Crippen LogP contribution in [0.1, 0.15) is 25.7 Å². The summed E-state index contributed by atoms with van der Waals surface area (Å²) < 4.78 is 5.71. The first kappa shape index (κ1) is 14.5. The van der Waals surface area contributed by atoms with Crippen molar-refractivity contribution in [3.8, 4) is 0 Å². The second-order valence-corrected chi connectivity index (χ2v) is 4.81. The zero-order valence-corrected chi connectivity index (χ0v) is 11.3. The minimum Gasteiger partial charge on any atom is -0.377 e. The van der Waals surface area contributed by atoms with Crippen LogP contribution < -0.4 is 16.6 Å². The smallest absolute Gasteiger partial charge is 0.316 e. The molecule has 0 bridgehead atoms. The number of nitro benzene ring substituents is 1. The van der Waals surface area contributed by atoms with Gasteiger partial charge in [-0.2, -0.15) is 0 Å². The van der Waals surface area contributed by atoms with E-state index in [2.05, 4.69) is 10.7 Å². The highest BCUT2D eigenvalue weighted by molar-refractivity contribution is 5.75. The molecule has 0 saturated heterocycles. The molecule has 7 heteroatoms. The summed E-state index contributed by atoms with van der Waals surface area (Å²) in [7, 11) is 0. The highest BCUT2D eigenvalue weighted by Gasteiger charge is 2.19. The Kier molecular flexibility index (Phi) is 5.14. The molecular weight excluding hydrogens is 260 g/mol. The van der Waals surface area contributed by atoms with Crippen molar-refractivity contribution in [3.63, 3.8) is 0 Å². The number of anilines is 2. The highest BCUT2D eigenvalue weighted by Crippen LogP contribution is 2.31. The number of nitrogens with zero attached hydrogens (tertiary/aromatic N) is 1. The normalized spacial score (nSPS) is 15.2. The lowest BCUT2D eigenvalue weighted by atomic mass is 10.2. The lowest BCUT2D eigenvalue weighted by molar-refractivity contribution is -0.383. The Labute approximate surface area is 117 Å². The number of para-hydroxylation sites is 1. The van der Waals surface area contributed by atoms with Gasteiger partial charge in [0.25, 0.3) is 0 Å². The number of nitrogens with one attached hydrogen (secondary N) is 2. The van der Waals surface area contributed by atoms with Gasteiger partial charge in [-0.25, -0.2) is 0 Å². The molecule has 2 rings (SSSR count). The molecule has 7 nitrogen and oxygen atoms in total. The fourth-order valence-corrected chi connectivity index (χ4v) is 2.47. The second-order valence-electron chi connectivity index (χ2n) is 4.81. The van der Waals surface area contributed by atoms with Crippen molar-refractivity contribution in [2.45, 2.75) is 31.8 Å². The summed E-state index contributed by atoms with van der Waals surface area (Å²) in [4.78, 5) is 10.6. The van der Waals surface area contributed by atoms with E-state index in [1.165, 1.54) is 12.8 Å². The molecule has 20 heavy (non-hydrogen) atoms. The van der Waals surface area contributed by atoms with Crippen molar-refractivity contribution < 1.29 is 9.66 Å². The minimum absolute atomic E-state index is 0.0455.